The number of thioether (sulfide) groups is 1. The van der Waals surface area contributed by atoms with E-state index in [1.807, 2.05) is 24.3 Å². The standard InChI is InChI=1S/C18H18ClN9O3S2/c1-18(8-33(29,30)27(2)17(20)22-18)14-12(19)7-13(32-14)16-24-23-15(31-16)10-3-5-11(6-4-10)28-9-21-25-26-28/h3-6,9,13H,7-8H2,1-2H3,(H2,20,22)/t13?,18-/m0/s1. The topological polar surface area (TPSA) is 156 Å². The average Bonchev–Trinajstić information content (AvgIpc) is 3.52. The van der Waals surface area contributed by atoms with Crippen LogP contribution in [0.15, 0.2) is 44.9 Å². The fourth-order valence-electron chi connectivity index (χ4n) is 3.69. The van der Waals surface area contributed by atoms with Crippen LogP contribution in [0.2, 0.25) is 0 Å². The number of sulfonamides is 1. The lowest BCUT2D eigenvalue weighted by molar-refractivity contribution is 0.462. The average molecular weight is 508 g/mol. The van der Waals surface area contributed by atoms with E-state index in [-0.39, 0.29) is 17.0 Å². The van der Waals surface area contributed by atoms with Crippen LogP contribution < -0.4 is 5.32 Å². The van der Waals surface area contributed by atoms with Crippen LogP contribution >= 0.6 is 23.4 Å². The number of hydrogen-bond donors (Lipinski definition) is 2. The largest absolute Gasteiger partial charge is 0.419 e. The fraction of sp³-hybridized carbons (Fsp3) is 0.333. The first-order valence-electron chi connectivity index (χ1n) is 9.73. The highest BCUT2D eigenvalue weighted by Gasteiger charge is 2.47. The highest BCUT2D eigenvalue weighted by atomic mass is 35.5. The van der Waals surface area contributed by atoms with Crippen LogP contribution in [0.1, 0.15) is 24.5 Å². The molecule has 1 saturated heterocycles. The van der Waals surface area contributed by atoms with Gasteiger partial charge in [-0.05, 0) is 41.6 Å². The van der Waals surface area contributed by atoms with E-state index in [9.17, 15) is 8.42 Å². The smallest absolute Gasteiger partial charge is 0.247 e. The van der Waals surface area contributed by atoms with Gasteiger partial charge in [0, 0.05) is 29.0 Å². The third-order valence-electron chi connectivity index (χ3n) is 5.41. The van der Waals surface area contributed by atoms with Gasteiger partial charge in [-0.15, -0.1) is 27.1 Å². The number of rotatable bonds is 4. The summed E-state index contributed by atoms with van der Waals surface area (Å²) in [6.07, 6.45) is 1.92. The van der Waals surface area contributed by atoms with Crippen molar-refractivity contribution in [2.24, 2.45) is 0 Å². The Balaban J connectivity index is 1.34. The zero-order valence-electron chi connectivity index (χ0n) is 17.4. The van der Waals surface area contributed by atoms with Gasteiger partial charge >= 0.3 is 0 Å². The quantitative estimate of drug-likeness (QED) is 0.534. The van der Waals surface area contributed by atoms with Crippen LogP contribution in [-0.4, -0.2) is 67.4 Å². The normalized spacial score (nSPS) is 24.9. The number of nitrogens with zero attached hydrogens (tertiary/aromatic N) is 7. The summed E-state index contributed by atoms with van der Waals surface area (Å²) in [6, 6.07) is 7.32. The number of halogens is 1. The van der Waals surface area contributed by atoms with Gasteiger partial charge in [-0.2, -0.15) is 0 Å². The molecule has 1 fully saturated rings. The molecule has 2 atom stereocenters. The molecule has 0 bridgehead atoms. The molecule has 3 aromatic rings. The van der Waals surface area contributed by atoms with Crippen molar-refractivity contribution in [2.75, 3.05) is 12.8 Å². The minimum Gasteiger partial charge on any atom is -0.419 e. The minimum atomic E-state index is -3.64. The number of hydrogen-bond acceptors (Lipinski definition) is 10. The molecule has 2 aliphatic rings. The highest BCUT2D eigenvalue weighted by molar-refractivity contribution is 8.03. The molecule has 0 radical (unpaired) electrons. The number of nitrogens with one attached hydrogen (secondary N) is 2. The summed E-state index contributed by atoms with van der Waals surface area (Å²) in [5.74, 6) is 0.330. The molecular weight excluding hydrogens is 490 g/mol. The molecule has 1 aromatic carbocycles. The van der Waals surface area contributed by atoms with Crippen molar-refractivity contribution >= 4 is 39.3 Å². The summed E-state index contributed by atoms with van der Waals surface area (Å²) in [5, 5.41) is 30.7. The van der Waals surface area contributed by atoms with E-state index in [1.165, 1.54) is 29.8 Å². The van der Waals surface area contributed by atoms with E-state index in [4.69, 9.17) is 21.4 Å². The Morgan fingerprint density at radius 1 is 1.30 bits per heavy atom. The maximum atomic E-state index is 12.5. The Hall–Kier alpha value is -2.97. The monoisotopic (exact) mass is 507 g/mol. The molecule has 15 heteroatoms. The van der Waals surface area contributed by atoms with Crippen LogP contribution in [0.5, 0.6) is 0 Å². The van der Waals surface area contributed by atoms with Gasteiger partial charge in [-0.1, -0.05) is 11.6 Å². The summed E-state index contributed by atoms with van der Waals surface area (Å²) < 4.78 is 33.4. The highest BCUT2D eigenvalue weighted by Crippen LogP contribution is 2.53. The maximum Gasteiger partial charge on any atom is 0.247 e. The van der Waals surface area contributed by atoms with Gasteiger partial charge in [-0.25, -0.2) is 17.4 Å². The summed E-state index contributed by atoms with van der Waals surface area (Å²) in [4.78, 5) is 0.654. The lowest BCUT2D eigenvalue weighted by Crippen LogP contribution is -2.63. The molecule has 4 heterocycles. The second-order valence-electron chi connectivity index (χ2n) is 7.82. The van der Waals surface area contributed by atoms with Crippen molar-refractivity contribution in [2.45, 2.75) is 24.1 Å². The first-order chi connectivity index (χ1) is 15.7. The van der Waals surface area contributed by atoms with E-state index >= 15 is 0 Å². The molecule has 33 heavy (non-hydrogen) atoms. The molecule has 0 amide bonds. The summed E-state index contributed by atoms with van der Waals surface area (Å²) in [6.45, 7) is 1.73. The van der Waals surface area contributed by atoms with Crippen molar-refractivity contribution in [3.05, 3.63) is 46.4 Å². The number of allylic oxidation sites excluding steroid dienone is 1. The predicted molar refractivity (Wildman–Crippen MR) is 121 cm³/mol. The van der Waals surface area contributed by atoms with Crippen molar-refractivity contribution in [3.63, 3.8) is 0 Å². The third-order valence-corrected chi connectivity index (χ3v) is 9.41. The van der Waals surface area contributed by atoms with E-state index in [1.54, 1.807) is 6.92 Å². The first kappa shape index (κ1) is 21.9. The molecule has 1 unspecified atom stereocenters. The predicted octanol–water partition coefficient (Wildman–Crippen LogP) is 1.90. The molecule has 5 rings (SSSR count). The van der Waals surface area contributed by atoms with Crippen LogP contribution in [-0.2, 0) is 10.0 Å². The molecule has 0 aliphatic carbocycles. The molecule has 12 nitrogen and oxygen atoms in total. The van der Waals surface area contributed by atoms with Gasteiger partial charge in [0.1, 0.15) is 6.33 Å². The van der Waals surface area contributed by atoms with Crippen molar-refractivity contribution < 1.29 is 12.8 Å². The summed E-state index contributed by atoms with van der Waals surface area (Å²) in [7, 11) is -2.29. The summed E-state index contributed by atoms with van der Waals surface area (Å²) in [5.41, 5.74) is 0.500. The second-order valence-corrected chi connectivity index (χ2v) is 11.5. The lowest BCUT2D eigenvalue weighted by atomic mass is 10.0. The Morgan fingerprint density at radius 2 is 2.06 bits per heavy atom. The van der Waals surface area contributed by atoms with Crippen LogP contribution in [0.3, 0.4) is 0 Å². The van der Waals surface area contributed by atoms with Crippen molar-refractivity contribution in [1.29, 1.82) is 5.41 Å². The lowest BCUT2D eigenvalue weighted by Gasteiger charge is -2.40. The summed E-state index contributed by atoms with van der Waals surface area (Å²) >= 11 is 7.92. The Labute approximate surface area is 197 Å². The number of aromatic nitrogens is 6. The Kier molecular flexibility index (Phi) is 5.17. The Morgan fingerprint density at radius 3 is 2.73 bits per heavy atom. The molecule has 2 aromatic heterocycles. The van der Waals surface area contributed by atoms with Gasteiger partial charge < -0.3 is 9.73 Å². The van der Waals surface area contributed by atoms with E-state index in [0.717, 1.165) is 15.6 Å². The molecule has 2 N–H and O–H groups in total. The Bertz CT molecular complexity index is 1350. The number of guanidine groups is 1. The molecule has 0 saturated carbocycles. The van der Waals surface area contributed by atoms with Crippen molar-refractivity contribution in [3.8, 4) is 17.1 Å². The van der Waals surface area contributed by atoms with Gasteiger partial charge in [-0.3, -0.25) is 5.41 Å². The van der Waals surface area contributed by atoms with Gasteiger partial charge in [0.05, 0.1) is 22.2 Å². The third kappa shape index (κ3) is 3.87. The first-order valence-corrected chi connectivity index (χ1v) is 12.6. The van der Waals surface area contributed by atoms with E-state index in [2.05, 4.69) is 31.0 Å². The molecule has 2 aliphatic heterocycles. The molecule has 172 valence electrons. The van der Waals surface area contributed by atoms with E-state index in [0.29, 0.717) is 28.1 Å². The van der Waals surface area contributed by atoms with Crippen LogP contribution in [0, 0.1) is 5.41 Å². The SMILES string of the molecule is CN1C(=N)N[C@](C)(C2=C(Cl)CC(c3nnc(-c4ccc(-n5cnnn5)cc4)o3)S2)CS1(=O)=O. The second kappa shape index (κ2) is 7.81. The maximum absolute atomic E-state index is 12.5. The number of tetrazole rings is 1. The van der Waals surface area contributed by atoms with Crippen LogP contribution in [0.4, 0.5) is 0 Å². The van der Waals surface area contributed by atoms with E-state index < -0.39 is 15.6 Å². The molecular formula is C18H18ClN9O3S2. The molecule has 0 spiro atoms. The van der Waals surface area contributed by atoms with Crippen molar-refractivity contribution in [1.82, 2.24) is 40.0 Å². The minimum absolute atomic E-state index is 0.199. The zero-order chi connectivity index (χ0) is 23.4. The number of benzene rings is 1. The van der Waals surface area contributed by atoms with Gasteiger partial charge in [0.2, 0.25) is 27.8 Å². The zero-order valence-corrected chi connectivity index (χ0v) is 19.8. The van der Waals surface area contributed by atoms with Gasteiger partial charge in [0.25, 0.3) is 0 Å². The van der Waals surface area contributed by atoms with Crippen LogP contribution in [0.25, 0.3) is 17.1 Å². The fourth-order valence-corrected chi connectivity index (χ4v) is 7.16. The van der Waals surface area contributed by atoms with Gasteiger partial charge in [0.15, 0.2) is 0 Å².